The lowest BCUT2D eigenvalue weighted by molar-refractivity contribution is 0.0834. The van der Waals surface area contributed by atoms with Crippen LogP contribution in [0.2, 0.25) is 0 Å². The fourth-order valence-electron chi connectivity index (χ4n) is 4.34. The smallest absolute Gasteiger partial charge is 0.170 e. The molecule has 0 radical (unpaired) electrons. The number of furan rings is 1. The number of hydrogen-bond donors (Lipinski definition) is 1. The van der Waals surface area contributed by atoms with E-state index >= 15 is 0 Å². The van der Waals surface area contributed by atoms with Crippen molar-refractivity contribution in [3.05, 3.63) is 78.3 Å². The van der Waals surface area contributed by atoms with Crippen LogP contribution in [-0.4, -0.2) is 38.8 Å². The molecule has 5 rings (SSSR count). The maximum Gasteiger partial charge on any atom is 0.170 e. The Morgan fingerprint density at radius 2 is 2.14 bits per heavy atom. The fraction of sp³-hybridized carbons (Fsp3) is 0.364. The molecule has 1 N–H and O–H groups in total. The van der Waals surface area contributed by atoms with E-state index in [-0.39, 0.29) is 18.2 Å². The molecule has 3 atom stereocenters. The molecule has 3 aromatic rings. The van der Waals surface area contributed by atoms with Gasteiger partial charge in [-0.15, -0.1) is 0 Å². The first-order valence-electron chi connectivity index (χ1n) is 10.1. The third-order valence-corrected chi connectivity index (χ3v) is 6.05. The van der Waals surface area contributed by atoms with Crippen LogP contribution in [0.15, 0.2) is 65.5 Å². The molecule has 0 saturated carbocycles. The van der Waals surface area contributed by atoms with Gasteiger partial charge in [0.15, 0.2) is 5.11 Å². The second-order valence-corrected chi connectivity index (χ2v) is 7.94. The molecule has 6 nitrogen and oxygen atoms in total. The maximum absolute atomic E-state index is 5.92. The first-order valence-corrected chi connectivity index (χ1v) is 10.5. The molecular weight excluding hydrogens is 384 g/mol. The van der Waals surface area contributed by atoms with Crippen molar-refractivity contribution >= 4 is 17.3 Å². The van der Waals surface area contributed by atoms with Crippen LogP contribution in [0, 0.1) is 0 Å². The van der Waals surface area contributed by atoms with Crippen LogP contribution in [0.25, 0.3) is 0 Å². The molecule has 0 bridgehead atoms. The van der Waals surface area contributed by atoms with Crippen LogP contribution in [0.4, 0.5) is 0 Å². The minimum absolute atomic E-state index is 0.0182. The van der Waals surface area contributed by atoms with Crippen molar-refractivity contribution in [1.29, 1.82) is 0 Å². The zero-order chi connectivity index (χ0) is 19.6. The van der Waals surface area contributed by atoms with Gasteiger partial charge in [-0.2, -0.15) is 0 Å². The van der Waals surface area contributed by atoms with Gasteiger partial charge in [-0.1, -0.05) is 6.07 Å². The Balaban J connectivity index is 1.51. The van der Waals surface area contributed by atoms with Crippen molar-refractivity contribution in [1.82, 2.24) is 19.8 Å². The highest BCUT2D eigenvalue weighted by atomic mass is 32.1. The Morgan fingerprint density at radius 1 is 1.17 bits per heavy atom. The van der Waals surface area contributed by atoms with Crippen LogP contribution in [-0.2, 0) is 11.3 Å². The average molecular weight is 409 g/mol. The lowest BCUT2D eigenvalue weighted by Crippen LogP contribution is -2.36. The summed E-state index contributed by atoms with van der Waals surface area (Å²) < 4.78 is 13.7. The second kappa shape index (κ2) is 8.00. The summed E-state index contributed by atoms with van der Waals surface area (Å²) in [5, 5.41) is 4.28. The fourth-order valence-corrected chi connectivity index (χ4v) is 4.66. The topological polar surface area (TPSA) is 55.5 Å². The summed E-state index contributed by atoms with van der Waals surface area (Å²) in [5.74, 6) is 0.927. The summed E-state index contributed by atoms with van der Waals surface area (Å²) >= 11 is 5.77. The summed E-state index contributed by atoms with van der Waals surface area (Å²) in [6.45, 7) is 2.30. The molecule has 2 aliphatic heterocycles. The van der Waals surface area contributed by atoms with E-state index in [1.54, 1.807) is 6.26 Å². The molecule has 29 heavy (non-hydrogen) atoms. The number of thiocarbonyl (C=S) groups is 1. The zero-order valence-corrected chi connectivity index (χ0v) is 16.9. The van der Waals surface area contributed by atoms with Gasteiger partial charge in [-0.25, -0.2) is 0 Å². The first kappa shape index (κ1) is 18.4. The van der Waals surface area contributed by atoms with Crippen LogP contribution in [0.1, 0.15) is 42.1 Å². The van der Waals surface area contributed by atoms with Crippen molar-refractivity contribution in [2.45, 2.75) is 37.6 Å². The molecule has 2 saturated heterocycles. The Bertz CT molecular complexity index is 950. The number of aromatic nitrogens is 2. The summed E-state index contributed by atoms with van der Waals surface area (Å²) in [6.07, 6.45) is 8.05. The van der Waals surface area contributed by atoms with E-state index < -0.39 is 0 Å². The number of pyridine rings is 1. The van der Waals surface area contributed by atoms with E-state index in [0.29, 0.717) is 6.54 Å². The predicted molar refractivity (Wildman–Crippen MR) is 113 cm³/mol. The van der Waals surface area contributed by atoms with Crippen molar-refractivity contribution in [3.8, 4) is 0 Å². The number of ether oxygens (including phenoxy) is 1. The Morgan fingerprint density at radius 3 is 2.90 bits per heavy atom. The molecule has 5 heterocycles. The lowest BCUT2D eigenvalue weighted by Gasteiger charge is -2.30. The third-order valence-electron chi connectivity index (χ3n) is 5.70. The Kier molecular flexibility index (Phi) is 5.08. The quantitative estimate of drug-likeness (QED) is 0.628. The SMILES string of the molecule is S=C1N[C@@H](c2ccccn2)[C@@H](c2cccn2Cc2ccco2)N1C[C@@H]1CCCO1. The van der Waals surface area contributed by atoms with E-state index in [0.717, 1.165) is 42.6 Å². The summed E-state index contributed by atoms with van der Waals surface area (Å²) in [4.78, 5) is 6.90. The maximum atomic E-state index is 5.92. The molecule has 150 valence electrons. The van der Waals surface area contributed by atoms with Gasteiger partial charge in [-0.05, 0) is 61.5 Å². The minimum atomic E-state index is -0.0182. The molecule has 0 aromatic carbocycles. The number of nitrogens with one attached hydrogen (secondary N) is 1. The van der Waals surface area contributed by atoms with Gasteiger partial charge in [0.2, 0.25) is 0 Å². The number of nitrogens with zero attached hydrogens (tertiary/aromatic N) is 3. The molecule has 0 spiro atoms. The zero-order valence-electron chi connectivity index (χ0n) is 16.1. The highest BCUT2D eigenvalue weighted by Crippen LogP contribution is 2.39. The van der Waals surface area contributed by atoms with Gasteiger partial charge in [-0.3, -0.25) is 4.98 Å². The van der Waals surface area contributed by atoms with Gasteiger partial charge in [0, 0.05) is 31.2 Å². The predicted octanol–water partition coefficient (Wildman–Crippen LogP) is 3.68. The Labute approximate surface area is 175 Å². The molecule has 0 unspecified atom stereocenters. The molecule has 2 fully saturated rings. The third kappa shape index (κ3) is 3.68. The van der Waals surface area contributed by atoms with E-state index in [1.165, 1.54) is 5.69 Å². The first-order chi connectivity index (χ1) is 14.3. The minimum Gasteiger partial charge on any atom is -0.467 e. The normalized spacial score (nSPS) is 24.2. The number of hydrogen-bond acceptors (Lipinski definition) is 4. The van der Waals surface area contributed by atoms with Crippen LogP contribution < -0.4 is 5.32 Å². The van der Waals surface area contributed by atoms with E-state index in [2.05, 4.69) is 44.2 Å². The highest BCUT2D eigenvalue weighted by molar-refractivity contribution is 7.80. The summed E-state index contributed by atoms with van der Waals surface area (Å²) in [6, 6.07) is 14.2. The monoisotopic (exact) mass is 408 g/mol. The van der Waals surface area contributed by atoms with Crippen molar-refractivity contribution in [3.63, 3.8) is 0 Å². The van der Waals surface area contributed by atoms with E-state index in [9.17, 15) is 0 Å². The van der Waals surface area contributed by atoms with Crippen molar-refractivity contribution < 1.29 is 9.15 Å². The van der Waals surface area contributed by atoms with E-state index in [4.69, 9.17) is 21.4 Å². The number of rotatable bonds is 6. The lowest BCUT2D eigenvalue weighted by atomic mass is 10.0. The highest BCUT2D eigenvalue weighted by Gasteiger charge is 2.42. The molecular formula is C22H24N4O2S. The van der Waals surface area contributed by atoms with Gasteiger partial charge >= 0.3 is 0 Å². The van der Waals surface area contributed by atoms with Crippen molar-refractivity contribution in [2.75, 3.05) is 13.2 Å². The van der Waals surface area contributed by atoms with E-state index in [1.807, 2.05) is 30.5 Å². The summed E-state index contributed by atoms with van der Waals surface area (Å²) in [5.41, 5.74) is 2.17. The molecule has 0 aliphatic carbocycles. The largest absolute Gasteiger partial charge is 0.467 e. The van der Waals surface area contributed by atoms with Crippen LogP contribution in [0.3, 0.4) is 0 Å². The van der Waals surface area contributed by atoms with Crippen molar-refractivity contribution in [2.24, 2.45) is 0 Å². The molecule has 0 amide bonds. The molecule has 2 aliphatic rings. The van der Waals surface area contributed by atoms with Gasteiger partial charge in [0.25, 0.3) is 0 Å². The second-order valence-electron chi connectivity index (χ2n) is 7.55. The van der Waals surface area contributed by atoms with Crippen LogP contribution in [0.5, 0.6) is 0 Å². The van der Waals surface area contributed by atoms with Gasteiger partial charge < -0.3 is 23.9 Å². The van der Waals surface area contributed by atoms with Gasteiger partial charge in [0.1, 0.15) is 5.76 Å². The standard InChI is InChI=1S/C22H24N4O2S/c29-22-24-20(18-8-1-2-10-23-18)21(26(22)15-17-7-5-13-28-17)19-9-3-11-25(19)14-16-6-4-12-27-16/h1-4,6,8-12,17,20-21H,5,7,13-15H2,(H,24,29)/t17-,20-,21+/m0/s1. The molecule has 7 heteroatoms. The average Bonchev–Trinajstić information content (AvgIpc) is 3.53. The summed E-state index contributed by atoms with van der Waals surface area (Å²) in [7, 11) is 0. The molecule has 3 aromatic heterocycles. The van der Waals surface area contributed by atoms with Gasteiger partial charge in [0.05, 0.1) is 36.7 Å². The Hall–Kier alpha value is -2.64. The van der Waals surface area contributed by atoms with Crippen LogP contribution >= 0.6 is 12.2 Å².